The molecule has 21 heavy (non-hydrogen) atoms. The van der Waals surface area contributed by atoms with Crippen molar-refractivity contribution in [3.05, 3.63) is 24.3 Å². The van der Waals surface area contributed by atoms with Crippen molar-refractivity contribution in [3.8, 4) is 0 Å². The van der Waals surface area contributed by atoms with E-state index in [0.29, 0.717) is 0 Å². The van der Waals surface area contributed by atoms with Crippen molar-refractivity contribution in [3.63, 3.8) is 0 Å². The number of hydrogen-bond acceptors (Lipinski definition) is 3. The van der Waals surface area contributed by atoms with Gasteiger partial charge >= 0.3 is 0 Å². The van der Waals surface area contributed by atoms with Gasteiger partial charge in [0.05, 0.1) is 4.90 Å². The highest BCUT2D eigenvalue weighted by molar-refractivity contribution is 7.89. The number of nitrogens with one attached hydrogen (secondary N) is 2. The van der Waals surface area contributed by atoms with E-state index in [9.17, 15) is 8.42 Å². The summed E-state index contributed by atoms with van der Waals surface area (Å²) in [5.41, 5.74) is 0.571. The third-order valence-corrected chi connectivity index (χ3v) is 5.06. The first-order valence-electron chi connectivity index (χ1n) is 7.22. The molecule has 0 bridgehead atoms. The van der Waals surface area contributed by atoms with E-state index in [1.807, 2.05) is 20.8 Å². The molecule has 120 valence electrons. The summed E-state index contributed by atoms with van der Waals surface area (Å²) >= 11 is 0. The van der Waals surface area contributed by atoms with Gasteiger partial charge in [0.2, 0.25) is 10.0 Å². The molecule has 1 atom stereocenters. The van der Waals surface area contributed by atoms with Crippen LogP contribution >= 0.6 is 0 Å². The van der Waals surface area contributed by atoms with Crippen molar-refractivity contribution in [1.29, 1.82) is 0 Å². The average Bonchev–Trinajstić information content (AvgIpc) is 2.25. The summed E-state index contributed by atoms with van der Waals surface area (Å²) in [5.74, 6) is 0. The fourth-order valence-electron chi connectivity index (χ4n) is 1.66. The first-order chi connectivity index (χ1) is 9.31. The Morgan fingerprint density at radius 2 is 1.43 bits per heavy atom. The molecule has 0 amide bonds. The lowest BCUT2D eigenvalue weighted by atomic mass is 9.88. The molecule has 0 aliphatic heterocycles. The molecule has 2 N–H and O–H groups in total. The molecule has 0 heterocycles. The van der Waals surface area contributed by atoms with Gasteiger partial charge in [-0.05, 0) is 57.4 Å². The molecule has 0 aliphatic carbocycles. The largest absolute Gasteiger partial charge is 0.382 e. The fourth-order valence-corrected chi connectivity index (χ4v) is 3.08. The van der Waals surface area contributed by atoms with Gasteiger partial charge in [0.25, 0.3) is 0 Å². The molecule has 0 aromatic heterocycles. The van der Waals surface area contributed by atoms with Crippen LogP contribution in [0, 0.1) is 5.41 Å². The van der Waals surface area contributed by atoms with Gasteiger partial charge in [-0.25, -0.2) is 13.1 Å². The lowest BCUT2D eigenvalue weighted by molar-refractivity contribution is 0.359. The second kappa shape index (κ2) is 5.97. The SMILES string of the molecule is CC(Nc1ccc(S(=O)(=O)NC(C)(C)C)cc1)C(C)(C)C. The quantitative estimate of drug-likeness (QED) is 0.893. The average molecular weight is 312 g/mol. The molecule has 0 saturated carbocycles. The molecule has 1 aromatic rings. The van der Waals surface area contributed by atoms with Gasteiger partial charge in [0.15, 0.2) is 0 Å². The molecule has 1 aromatic carbocycles. The maximum absolute atomic E-state index is 12.2. The van der Waals surface area contributed by atoms with Gasteiger partial charge in [-0.3, -0.25) is 0 Å². The Morgan fingerprint density at radius 3 is 1.81 bits per heavy atom. The zero-order valence-corrected chi connectivity index (χ0v) is 14.9. The summed E-state index contributed by atoms with van der Waals surface area (Å²) in [5, 5.41) is 3.39. The van der Waals surface area contributed by atoms with Crippen LogP contribution in [0.5, 0.6) is 0 Å². The predicted octanol–water partition coefficient (Wildman–Crippen LogP) is 3.61. The molecule has 4 nitrogen and oxygen atoms in total. The molecule has 5 heteroatoms. The van der Waals surface area contributed by atoms with Crippen LogP contribution in [0.4, 0.5) is 5.69 Å². The van der Waals surface area contributed by atoms with Gasteiger partial charge in [0, 0.05) is 17.3 Å². The van der Waals surface area contributed by atoms with E-state index in [-0.39, 0.29) is 16.4 Å². The van der Waals surface area contributed by atoms with Crippen molar-refractivity contribution < 1.29 is 8.42 Å². The Balaban J connectivity index is 2.88. The van der Waals surface area contributed by atoms with E-state index in [1.165, 1.54) is 0 Å². The molecule has 0 spiro atoms. The Labute approximate surface area is 129 Å². The topological polar surface area (TPSA) is 58.2 Å². The van der Waals surface area contributed by atoms with Crippen LogP contribution in [0.1, 0.15) is 48.5 Å². The minimum atomic E-state index is -3.47. The van der Waals surface area contributed by atoms with E-state index in [2.05, 4.69) is 37.7 Å². The zero-order chi connectivity index (χ0) is 16.5. The highest BCUT2D eigenvalue weighted by Gasteiger charge is 2.22. The molecule has 0 fully saturated rings. The molecule has 0 radical (unpaired) electrons. The van der Waals surface area contributed by atoms with Crippen molar-refractivity contribution in [2.45, 2.75) is 64.9 Å². The Hall–Kier alpha value is -1.07. The lowest BCUT2D eigenvalue weighted by Gasteiger charge is -2.29. The van der Waals surface area contributed by atoms with Gasteiger partial charge in [-0.15, -0.1) is 0 Å². The predicted molar refractivity (Wildman–Crippen MR) is 89.1 cm³/mol. The molecule has 0 aliphatic rings. The van der Waals surface area contributed by atoms with E-state index in [4.69, 9.17) is 0 Å². The van der Waals surface area contributed by atoms with E-state index in [0.717, 1.165) is 5.69 Å². The number of benzene rings is 1. The minimum absolute atomic E-state index is 0.137. The monoisotopic (exact) mass is 312 g/mol. The van der Waals surface area contributed by atoms with Crippen LogP contribution in [-0.4, -0.2) is 20.0 Å². The van der Waals surface area contributed by atoms with E-state index < -0.39 is 15.6 Å². The van der Waals surface area contributed by atoms with Gasteiger partial charge in [-0.1, -0.05) is 20.8 Å². The molecular weight excluding hydrogens is 284 g/mol. The van der Waals surface area contributed by atoms with Gasteiger partial charge in [-0.2, -0.15) is 0 Å². The van der Waals surface area contributed by atoms with Crippen LogP contribution in [0.25, 0.3) is 0 Å². The van der Waals surface area contributed by atoms with Crippen LogP contribution in [0.15, 0.2) is 29.2 Å². The minimum Gasteiger partial charge on any atom is -0.382 e. The van der Waals surface area contributed by atoms with E-state index >= 15 is 0 Å². The normalized spacial score (nSPS) is 14.8. The second-order valence-electron chi connectivity index (χ2n) is 7.61. The van der Waals surface area contributed by atoms with Crippen molar-refractivity contribution >= 4 is 15.7 Å². The van der Waals surface area contributed by atoms with Crippen molar-refractivity contribution in [2.75, 3.05) is 5.32 Å². The third kappa shape index (κ3) is 5.67. The van der Waals surface area contributed by atoms with Crippen LogP contribution in [0.3, 0.4) is 0 Å². The van der Waals surface area contributed by atoms with Gasteiger partial charge < -0.3 is 5.32 Å². The molecular formula is C16H28N2O2S. The lowest BCUT2D eigenvalue weighted by Crippen LogP contribution is -2.40. The molecule has 1 rings (SSSR count). The Bertz CT molecular complexity index is 564. The highest BCUT2D eigenvalue weighted by Crippen LogP contribution is 2.23. The van der Waals surface area contributed by atoms with Crippen LogP contribution in [-0.2, 0) is 10.0 Å². The second-order valence-corrected chi connectivity index (χ2v) is 9.29. The summed E-state index contributed by atoms with van der Waals surface area (Å²) < 4.78 is 27.1. The zero-order valence-electron chi connectivity index (χ0n) is 14.1. The standard InChI is InChI=1S/C16H28N2O2S/c1-12(15(2,3)4)17-13-8-10-14(11-9-13)21(19,20)18-16(5,6)7/h8-12,17-18H,1-7H3. The first-order valence-corrected chi connectivity index (χ1v) is 8.70. The third-order valence-electron chi connectivity index (χ3n) is 3.29. The van der Waals surface area contributed by atoms with Crippen LogP contribution in [0.2, 0.25) is 0 Å². The Morgan fingerprint density at radius 1 is 0.952 bits per heavy atom. The summed E-state index contributed by atoms with van der Waals surface area (Å²) in [4.78, 5) is 0.284. The first kappa shape index (κ1) is 18.0. The van der Waals surface area contributed by atoms with Crippen molar-refractivity contribution in [1.82, 2.24) is 4.72 Å². The maximum atomic E-state index is 12.2. The summed E-state index contributed by atoms with van der Waals surface area (Å²) in [7, 11) is -3.47. The smallest absolute Gasteiger partial charge is 0.241 e. The highest BCUT2D eigenvalue weighted by atomic mass is 32.2. The number of hydrogen-bond donors (Lipinski definition) is 2. The molecule has 1 unspecified atom stereocenters. The summed E-state index contributed by atoms with van der Waals surface area (Å²) in [6.45, 7) is 14.1. The fraction of sp³-hybridized carbons (Fsp3) is 0.625. The summed E-state index contributed by atoms with van der Waals surface area (Å²) in [6, 6.07) is 7.16. The molecule has 0 saturated heterocycles. The van der Waals surface area contributed by atoms with Crippen molar-refractivity contribution in [2.24, 2.45) is 5.41 Å². The maximum Gasteiger partial charge on any atom is 0.241 e. The summed E-state index contributed by atoms with van der Waals surface area (Å²) in [6.07, 6.45) is 0. The van der Waals surface area contributed by atoms with Crippen LogP contribution < -0.4 is 10.0 Å². The number of sulfonamides is 1. The number of anilines is 1. The van der Waals surface area contributed by atoms with Gasteiger partial charge in [0.1, 0.15) is 0 Å². The van der Waals surface area contributed by atoms with E-state index in [1.54, 1.807) is 24.3 Å². The Kier molecular flexibility index (Phi) is 5.11. The number of rotatable bonds is 4.